The number of nitrogens with two attached hydrogens (primary N) is 1. The van der Waals surface area contributed by atoms with Gasteiger partial charge in [-0.3, -0.25) is 4.57 Å². The SMILES string of the molecule is COc1cccc(-n2c(CN)nnc2SCCn2cnnc2C)c1.Cl. The molecule has 0 aliphatic heterocycles. The number of ether oxygens (including phenoxy) is 1. The Bertz CT molecular complexity index is 820. The quantitative estimate of drug-likeness (QED) is 0.623. The van der Waals surface area contributed by atoms with Gasteiger partial charge in [-0.15, -0.1) is 32.8 Å². The Hall–Kier alpha value is -2.10. The maximum atomic E-state index is 5.81. The minimum absolute atomic E-state index is 0. The van der Waals surface area contributed by atoms with Gasteiger partial charge in [0.15, 0.2) is 11.0 Å². The Balaban J connectivity index is 0.00000225. The highest BCUT2D eigenvalue weighted by Crippen LogP contribution is 2.24. The van der Waals surface area contributed by atoms with Crippen molar-refractivity contribution in [2.75, 3.05) is 12.9 Å². The second-order valence-electron chi connectivity index (χ2n) is 5.06. The van der Waals surface area contributed by atoms with Crippen molar-refractivity contribution in [3.63, 3.8) is 0 Å². The van der Waals surface area contributed by atoms with Crippen LogP contribution in [0.1, 0.15) is 11.6 Å². The van der Waals surface area contributed by atoms with E-state index in [1.165, 1.54) is 0 Å². The van der Waals surface area contributed by atoms with Gasteiger partial charge in [0.05, 0.1) is 19.3 Å². The number of rotatable bonds is 7. The van der Waals surface area contributed by atoms with Gasteiger partial charge in [0.2, 0.25) is 0 Å². The van der Waals surface area contributed by atoms with Gasteiger partial charge < -0.3 is 15.0 Å². The van der Waals surface area contributed by atoms with Crippen molar-refractivity contribution in [2.45, 2.75) is 25.2 Å². The fourth-order valence-electron chi connectivity index (χ4n) is 2.30. The molecule has 10 heteroatoms. The fraction of sp³-hybridized carbons (Fsp3) is 0.333. The van der Waals surface area contributed by atoms with Gasteiger partial charge in [-0.2, -0.15) is 0 Å². The monoisotopic (exact) mass is 381 g/mol. The van der Waals surface area contributed by atoms with Crippen LogP contribution in [-0.2, 0) is 13.1 Å². The summed E-state index contributed by atoms with van der Waals surface area (Å²) in [5.74, 6) is 3.21. The Morgan fingerprint density at radius 3 is 2.76 bits per heavy atom. The molecule has 0 fully saturated rings. The summed E-state index contributed by atoms with van der Waals surface area (Å²) in [7, 11) is 1.65. The molecule has 0 bridgehead atoms. The lowest BCUT2D eigenvalue weighted by molar-refractivity contribution is 0.414. The molecule has 0 saturated heterocycles. The molecule has 0 atom stereocenters. The lowest BCUT2D eigenvalue weighted by Crippen LogP contribution is -2.08. The van der Waals surface area contributed by atoms with E-state index in [4.69, 9.17) is 10.5 Å². The largest absolute Gasteiger partial charge is 0.497 e. The second-order valence-corrected chi connectivity index (χ2v) is 6.12. The third kappa shape index (κ3) is 4.30. The molecule has 2 N–H and O–H groups in total. The summed E-state index contributed by atoms with van der Waals surface area (Å²) >= 11 is 1.62. The lowest BCUT2D eigenvalue weighted by Gasteiger charge is -2.11. The van der Waals surface area contributed by atoms with Gasteiger partial charge >= 0.3 is 0 Å². The molecular formula is C15H20ClN7OS. The minimum atomic E-state index is 0. The average molecular weight is 382 g/mol. The lowest BCUT2D eigenvalue weighted by atomic mass is 10.3. The smallest absolute Gasteiger partial charge is 0.195 e. The molecule has 3 rings (SSSR count). The first-order valence-corrected chi connectivity index (χ1v) is 8.47. The number of hydrogen-bond donors (Lipinski definition) is 1. The van der Waals surface area contributed by atoms with Crippen LogP contribution in [0.5, 0.6) is 5.75 Å². The highest BCUT2D eigenvalue weighted by Gasteiger charge is 2.14. The Morgan fingerprint density at radius 2 is 2.08 bits per heavy atom. The predicted molar refractivity (Wildman–Crippen MR) is 98.5 cm³/mol. The van der Waals surface area contributed by atoms with Crippen LogP contribution in [0.15, 0.2) is 35.7 Å². The van der Waals surface area contributed by atoms with Gasteiger partial charge in [-0.25, -0.2) is 0 Å². The van der Waals surface area contributed by atoms with Crippen LogP contribution in [0.25, 0.3) is 5.69 Å². The highest BCUT2D eigenvalue weighted by atomic mass is 35.5. The van der Waals surface area contributed by atoms with Crippen molar-refractivity contribution in [1.82, 2.24) is 29.5 Å². The molecule has 0 spiro atoms. The second kappa shape index (κ2) is 8.84. The zero-order valence-corrected chi connectivity index (χ0v) is 15.6. The van der Waals surface area contributed by atoms with E-state index in [-0.39, 0.29) is 12.4 Å². The molecule has 25 heavy (non-hydrogen) atoms. The molecule has 0 saturated carbocycles. The number of benzene rings is 1. The van der Waals surface area contributed by atoms with Gasteiger partial charge in [-0.1, -0.05) is 17.8 Å². The van der Waals surface area contributed by atoms with Crippen LogP contribution in [0.4, 0.5) is 0 Å². The van der Waals surface area contributed by atoms with Crippen LogP contribution in [0, 0.1) is 6.92 Å². The van der Waals surface area contributed by atoms with E-state index in [0.717, 1.165) is 34.7 Å². The summed E-state index contributed by atoms with van der Waals surface area (Å²) in [5.41, 5.74) is 6.75. The summed E-state index contributed by atoms with van der Waals surface area (Å²) in [6.45, 7) is 3.05. The summed E-state index contributed by atoms with van der Waals surface area (Å²) in [5, 5.41) is 17.1. The first-order chi connectivity index (χ1) is 11.7. The molecule has 134 valence electrons. The van der Waals surface area contributed by atoms with Crippen LogP contribution in [-0.4, -0.2) is 42.4 Å². The zero-order chi connectivity index (χ0) is 16.9. The van der Waals surface area contributed by atoms with Crippen molar-refractivity contribution in [1.29, 1.82) is 0 Å². The number of halogens is 1. The van der Waals surface area contributed by atoms with E-state index in [1.54, 1.807) is 25.2 Å². The number of aromatic nitrogens is 6. The van der Waals surface area contributed by atoms with Crippen LogP contribution in [0.3, 0.4) is 0 Å². The van der Waals surface area contributed by atoms with E-state index in [2.05, 4.69) is 20.4 Å². The first kappa shape index (κ1) is 19.2. The number of hydrogen-bond acceptors (Lipinski definition) is 7. The first-order valence-electron chi connectivity index (χ1n) is 7.49. The molecular weight excluding hydrogens is 362 g/mol. The summed E-state index contributed by atoms with van der Waals surface area (Å²) < 4.78 is 9.27. The molecule has 2 heterocycles. The van der Waals surface area contributed by atoms with Crippen molar-refractivity contribution in [3.05, 3.63) is 42.2 Å². The number of methoxy groups -OCH3 is 1. The molecule has 0 radical (unpaired) electrons. The molecule has 1 aromatic carbocycles. The van der Waals surface area contributed by atoms with E-state index in [1.807, 2.05) is 40.3 Å². The summed E-state index contributed by atoms with van der Waals surface area (Å²) in [4.78, 5) is 0. The fourth-order valence-corrected chi connectivity index (χ4v) is 3.21. The van der Waals surface area contributed by atoms with Crippen molar-refractivity contribution >= 4 is 24.2 Å². The zero-order valence-electron chi connectivity index (χ0n) is 14.0. The Morgan fingerprint density at radius 1 is 1.24 bits per heavy atom. The molecule has 0 aliphatic rings. The molecule has 2 aromatic heterocycles. The minimum Gasteiger partial charge on any atom is -0.497 e. The highest BCUT2D eigenvalue weighted by molar-refractivity contribution is 7.99. The average Bonchev–Trinajstić information content (AvgIpc) is 3.21. The van der Waals surface area contributed by atoms with Gasteiger partial charge in [0.25, 0.3) is 0 Å². The summed E-state index contributed by atoms with van der Waals surface area (Å²) in [6, 6.07) is 7.76. The Kier molecular flexibility index (Phi) is 6.80. The number of thioether (sulfide) groups is 1. The van der Waals surface area contributed by atoms with E-state index in [0.29, 0.717) is 12.4 Å². The van der Waals surface area contributed by atoms with Gasteiger partial charge in [0.1, 0.15) is 17.9 Å². The van der Waals surface area contributed by atoms with Crippen LogP contribution in [0.2, 0.25) is 0 Å². The maximum absolute atomic E-state index is 5.81. The van der Waals surface area contributed by atoms with Crippen LogP contribution < -0.4 is 10.5 Å². The third-order valence-corrected chi connectivity index (χ3v) is 4.48. The van der Waals surface area contributed by atoms with Crippen LogP contribution >= 0.6 is 24.2 Å². The van der Waals surface area contributed by atoms with E-state index in [9.17, 15) is 0 Å². The molecule has 0 unspecified atom stereocenters. The standard InChI is InChI=1S/C15H19N7OS.ClH/c1-11-18-17-10-21(11)6-7-24-15-20-19-14(9-16)22(15)12-4-3-5-13(8-12)23-2;/h3-5,8,10H,6-7,9,16H2,1-2H3;1H. The van der Waals surface area contributed by atoms with E-state index < -0.39 is 0 Å². The third-order valence-electron chi connectivity index (χ3n) is 3.57. The molecule has 0 amide bonds. The maximum Gasteiger partial charge on any atom is 0.195 e. The Labute approximate surface area is 156 Å². The molecule has 0 aliphatic carbocycles. The predicted octanol–water partition coefficient (Wildman–Crippen LogP) is 1.85. The van der Waals surface area contributed by atoms with E-state index >= 15 is 0 Å². The normalized spacial score (nSPS) is 10.5. The topological polar surface area (TPSA) is 96.7 Å². The number of nitrogens with zero attached hydrogens (tertiary/aromatic N) is 6. The van der Waals surface area contributed by atoms with Crippen molar-refractivity contribution in [3.8, 4) is 11.4 Å². The van der Waals surface area contributed by atoms with Crippen molar-refractivity contribution in [2.24, 2.45) is 5.73 Å². The summed E-state index contributed by atoms with van der Waals surface area (Å²) in [6.07, 6.45) is 1.73. The number of aryl methyl sites for hydroxylation is 2. The van der Waals surface area contributed by atoms with Gasteiger partial charge in [-0.05, 0) is 19.1 Å². The van der Waals surface area contributed by atoms with Crippen molar-refractivity contribution < 1.29 is 4.74 Å². The molecule has 8 nitrogen and oxygen atoms in total. The molecule has 3 aromatic rings. The van der Waals surface area contributed by atoms with Gasteiger partial charge in [0, 0.05) is 18.4 Å².